The molecule has 9 rings (SSSR count). The summed E-state index contributed by atoms with van der Waals surface area (Å²) < 4.78 is 0. The molecular formula is C42H32. The minimum Gasteiger partial charge on any atom is -0.0619 e. The van der Waals surface area contributed by atoms with Gasteiger partial charge in [0.25, 0.3) is 0 Å². The maximum atomic E-state index is 2.55. The minimum absolute atomic E-state index is 0.0948. The molecule has 0 atom stereocenters. The lowest BCUT2D eigenvalue weighted by atomic mass is 9.79. The Hall–Kier alpha value is -4.68. The Morgan fingerprint density at radius 1 is 0.357 bits per heavy atom. The van der Waals surface area contributed by atoms with Crippen molar-refractivity contribution >= 4 is 43.1 Å². The van der Waals surface area contributed by atoms with Gasteiger partial charge < -0.3 is 0 Å². The number of hydrogen-bond donors (Lipinski definition) is 0. The Bertz CT molecular complexity index is 2330. The number of rotatable bonds is 0. The van der Waals surface area contributed by atoms with Crippen LogP contribution in [0.25, 0.3) is 65.3 Å². The largest absolute Gasteiger partial charge is 0.0619 e. The first-order chi connectivity index (χ1) is 20.3. The fourth-order valence-corrected chi connectivity index (χ4v) is 8.21. The average molecular weight is 537 g/mol. The van der Waals surface area contributed by atoms with Crippen molar-refractivity contribution in [2.75, 3.05) is 0 Å². The van der Waals surface area contributed by atoms with Gasteiger partial charge in [-0.3, -0.25) is 0 Å². The van der Waals surface area contributed by atoms with Crippen LogP contribution in [-0.2, 0) is 10.8 Å². The third-order valence-electron chi connectivity index (χ3n) is 10.4. The topological polar surface area (TPSA) is 0 Å². The van der Waals surface area contributed by atoms with Crippen LogP contribution in [0.1, 0.15) is 49.9 Å². The first-order valence-corrected chi connectivity index (χ1v) is 15.1. The SMILES string of the molecule is CC1(C)c2ccccc3ccccc3ccc2-c2cc3c(cc21)-c1c(cc2ccc4cccc5ccc1c2c45)C3(C)C. The monoisotopic (exact) mass is 536 g/mol. The van der Waals surface area contributed by atoms with E-state index in [4.69, 9.17) is 0 Å². The van der Waals surface area contributed by atoms with E-state index in [2.05, 4.69) is 149 Å². The summed E-state index contributed by atoms with van der Waals surface area (Å²) in [6, 6.07) is 45.8. The van der Waals surface area contributed by atoms with Gasteiger partial charge in [-0.15, -0.1) is 0 Å². The lowest BCUT2D eigenvalue weighted by molar-refractivity contribution is 0.652. The Labute approximate surface area is 246 Å². The highest BCUT2D eigenvalue weighted by molar-refractivity contribution is 6.26. The third kappa shape index (κ3) is 2.97. The lowest BCUT2D eigenvalue weighted by Gasteiger charge is -2.24. The Balaban J connectivity index is 1.37. The van der Waals surface area contributed by atoms with Crippen LogP contribution in [0.15, 0.2) is 121 Å². The zero-order valence-electron chi connectivity index (χ0n) is 24.5. The molecule has 200 valence electrons. The van der Waals surface area contributed by atoms with Gasteiger partial charge in [-0.1, -0.05) is 131 Å². The molecule has 2 aliphatic carbocycles. The fraction of sp³-hybridized carbons (Fsp3) is 0.143. The van der Waals surface area contributed by atoms with Gasteiger partial charge in [0.1, 0.15) is 0 Å². The van der Waals surface area contributed by atoms with Gasteiger partial charge >= 0.3 is 0 Å². The molecule has 0 saturated carbocycles. The van der Waals surface area contributed by atoms with Gasteiger partial charge in [0.2, 0.25) is 0 Å². The summed E-state index contributed by atoms with van der Waals surface area (Å²) in [5, 5.41) is 10.7. The number of hydrogen-bond acceptors (Lipinski definition) is 0. The molecule has 0 amide bonds. The van der Waals surface area contributed by atoms with Crippen molar-refractivity contribution in [1.29, 1.82) is 0 Å². The van der Waals surface area contributed by atoms with E-state index in [-0.39, 0.29) is 10.8 Å². The van der Waals surface area contributed by atoms with E-state index in [1.54, 1.807) is 0 Å². The standard InChI is InChI=1S/C42H32/c1-41(2)34-15-8-7-11-25-10-5-6-12-26(25)18-20-30(34)32-23-36-33(24-35(32)41)40-31-21-19-28-14-9-13-27-16-17-29(39(31)38(27)28)22-37(40)42(36,3)4/h5-24H,1-4H3. The lowest BCUT2D eigenvalue weighted by Crippen LogP contribution is -2.17. The Morgan fingerprint density at radius 2 is 0.905 bits per heavy atom. The van der Waals surface area contributed by atoms with Gasteiger partial charge in [0.15, 0.2) is 0 Å². The van der Waals surface area contributed by atoms with Gasteiger partial charge in [-0.25, -0.2) is 0 Å². The van der Waals surface area contributed by atoms with Crippen molar-refractivity contribution in [3.8, 4) is 22.3 Å². The van der Waals surface area contributed by atoms with Gasteiger partial charge in [-0.05, 0) is 106 Å². The zero-order valence-corrected chi connectivity index (χ0v) is 24.5. The minimum atomic E-state index is -0.107. The van der Waals surface area contributed by atoms with E-state index in [1.165, 1.54) is 87.6 Å². The van der Waals surface area contributed by atoms with Crippen molar-refractivity contribution in [3.05, 3.63) is 144 Å². The number of benzene rings is 6. The van der Waals surface area contributed by atoms with Crippen molar-refractivity contribution < 1.29 is 0 Å². The van der Waals surface area contributed by atoms with Gasteiger partial charge in [0, 0.05) is 10.8 Å². The predicted octanol–water partition coefficient (Wildman–Crippen LogP) is 11.5. The molecule has 0 aliphatic heterocycles. The molecule has 2 aliphatic rings. The molecule has 0 aromatic heterocycles. The molecule has 0 spiro atoms. The number of fused-ring (bicyclic) bond motifs is 8. The van der Waals surface area contributed by atoms with Gasteiger partial charge in [0.05, 0.1) is 0 Å². The fourth-order valence-electron chi connectivity index (χ4n) is 8.21. The van der Waals surface area contributed by atoms with E-state index < -0.39 is 0 Å². The Morgan fingerprint density at radius 3 is 1.67 bits per heavy atom. The van der Waals surface area contributed by atoms with Crippen LogP contribution in [0.5, 0.6) is 0 Å². The first kappa shape index (κ1) is 24.0. The second kappa shape index (κ2) is 7.99. The molecule has 7 aromatic rings. The quantitative estimate of drug-likeness (QED) is 0.169. The normalized spacial score (nSPS) is 15.5. The van der Waals surface area contributed by atoms with E-state index in [9.17, 15) is 0 Å². The molecule has 0 heterocycles. The molecule has 0 nitrogen and oxygen atoms in total. The zero-order chi connectivity index (χ0) is 28.4. The van der Waals surface area contributed by atoms with E-state index in [0.717, 1.165) is 0 Å². The molecule has 0 fully saturated rings. The summed E-state index contributed by atoms with van der Waals surface area (Å²) in [6.07, 6.45) is 0. The summed E-state index contributed by atoms with van der Waals surface area (Å²) in [5.74, 6) is 0. The molecular weight excluding hydrogens is 504 g/mol. The molecule has 0 N–H and O–H groups in total. The van der Waals surface area contributed by atoms with Crippen molar-refractivity contribution in [2.45, 2.75) is 38.5 Å². The van der Waals surface area contributed by atoms with Crippen molar-refractivity contribution in [1.82, 2.24) is 0 Å². The highest BCUT2D eigenvalue weighted by atomic mass is 14.4. The van der Waals surface area contributed by atoms with Crippen LogP contribution >= 0.6 is 0 Å². The molecule has 0 saturated heterocycles. The van der Waals surface area contributed by atoms with Gasteiger partial charge in [-0.2, -0.15) is 0 Å². The highest BCUT2D eigenvalue weighted by Crippen LogP contribution is 2.58. The van der Waals surface area contributed by atoms with Crippen LogP contribution in [0.2, 0.25) is 0 Å². The maximum Gasteiger partial charge on any atom is 0.0159 e. The van der Waals surface area contributed by atoms with Crippen molar-refractivity contribution in [2.24, 2.45) is 0 Å². The van der Waals surface area contributed by atoms with E-state index in [0.29, 0.717) is 0 Å². The summed E-state index contributed by atoms with van der Waals surface area (Å²) >= 11 is 0. The van der Waals surface area contributed by atoms with E-state index in [1.807, 2.05) is 0 Å². The Kier molecular flexibility index (Phi) is 4.56. The van der Waals surface area contributed by atoms with E-state index >= 15 is 0 Å². The van der Waals surface area contributed by atoms with Crippen LogP contribution in [0.4, 0.5) is 0 Å². The van der Waals surface area contributed by atoms with Crippen LogP contribution in [0.3, 0.4) is 0 Å². The first-order valence-electron chi connectivity index (χ1n) is 15.1. The molecule has 0 heteroatoms. The smallest absolute Gasteiger partial charge is 0.0159 e. The molecule has 0 unspecified atom stereocenters. The highest BCUT2D eigenvalue weighted by Gasteiger charge is 2.42. The summed E-state index contributed by atoms with van der Waals surface area (Å²) in [7, 11) is 0. The predicted molar refractivity (Wildman–Crippen MR) is 180 cm³/mol. The average Bonchev–Trinajstić information content (AvgIpc) is 3.35. The summed E-state index contributed by atoms with van der Waals surface area (Å²) in [4.78, 5) is 0. The second-order valence-electron chi connectivity index (χ2n) is 13.4. The maximum absolute atomic E-state index is 2.55. The summed E-state index contributed by atoms with van der Waals surface area (Å²) in [6.45, 7) is 9.63. The third-order valence-corrected chi connectivity index (χ3v) is 10.4. The molecule has 0 radical (unpaired) electrons. The van der Waals surface area contributed by atoms with Crippen molar-refractivity contribution in [3.63, 3.8) is 0 Å². The summed E-state index contributed by atoms with van der Waals surface area (Å²) in [5.41, 5.74) is 11.0. The van der Waals surface area contributed by atoms with Crippen LogP contribution in [0, 0.1) is 0 Å². The molecule has 0 bridgehead atoms. The molecule has 7 aromatic carbocycles. The molecule has 42 heavy (non-hydrogen) atoms. The van der Waals surface area contributed by atoms with Crippen LogP contribution in [-0.4, -0.2) is 0 Å². The van der Waals surface area contributed by atoms with Crippen LogP contribution < -0.4 is 0 Å². The second-order valence-corrected chi connectivity index (χ2v) is 13.4.